The molecule has 0 atom stereocenters. The molecule has 1 rings (SSSR count). The number of halogens is 1. The van der Waals surface area contributed by atoms with E-state index in [4.69, 9.17) is 5.11 Å². The molecule has 0 bridgehead atoms. The van der Waals surface area contributed by atoms with Crippen LogP contribution < -0.4 is 4.72 Å². The fraction of sp³-hybridized carbons (Fsp3) is 0.222. The molecule has 0 fully saturated rings. The standard InChI is InChI=1S/C9H9BrN2O6S/c10-7-5-6(1-2-8(7)12(15)16)11-19(17,18)4-3-9(13)14/h1-2,5,11H,3-4H2,(H,13,14). The van der Waals surface area contributed by atoms with Gasteiger partial charge in [0.15, 0.2) is 0 Å². The van der Waals surface area contributed by atoms with Gasteiger partial charge in [-0.3, -0.25) is 19.6 Å². The van der Waals surface area contributed by atoms with Gasteiger partial charge in [0, 0.05) is 6.07 Å². The molecule has 0 aliphatic rings. The maximum absolute atomic E-state index is 11.5. The third-order valence-electron chi connectivity index (χ3n) is 2.00. The number of rotatable bonds is 6. The van der Waals surface area contributed by atoms with Gasteiger partial charge in [0.2, 0.25) is 10.0 Å². The molecule has 104 valence electrons. The number of anilines is 1. The maximum atomic E-state index is 11.5. The Labute approximate surface area is 116 Å². The normalized spacial score (nSPS) is 11.0. The molecule has 8 nitrogen and oxygen atoms in total. The van der Waals surface area contributed by atoms with Gasteiger partial charge in [0.25, 0.3) is 5.69 Å². The van der Waals surface area contributed by atoms with Gasteiger partial charge in [0.05, 0.1) is 27.3 Å². The van der Waals surface area contributed by atoms with Gasteiger partial charge >= 0.3 is 5.97 Å². The van der Waals surface area contributed by atoms with Gasteiger partial charge in [-0.25, -0.2) is 8.42 Å². The number of carboxylic acids is 1. The molecule has 0 radical (unpaired) electrons. The van der Waals surface area contributed by atoms with Gasteiger partial charge in [-0.15, -0.1) is 0 Å². The van der Waals surface area contributed by atoms with Crippen molar-refractivity contribution in [2.75, 3.05) is 10.5 Å². The van der Waals surface area contributed by atoms with E-state index in [9.17, 15) is 23.3 Å². The number of carboxylic acid groups (broad SMARTS) is 1. The first-order chi connectivity index (χ1) is 8.71. The number of hydrogen-bond acceptors (Lipinski definition) is 5. The Kier molecular flexibility index (Phi) is 4.84. The largest absolute Gasteiger partial charge is 0.481 e. The molecule has 0 aromatic heterocycles. The second-order valence-electron chi connectivity index (χ2n) is 3.49. The molecule has 0 saturated heterocycles. The van der Waals surface area contributed by atoms with E-state index in [1.807, 2.05) is 0 Å². The first-order valence-electron chi connectivity index (χ1n) is 4.87. The van der Waals surface area contributed by atoms with Crippen LogP contribution in [0.4, 0.5) is 11.4 Å². The number of nitrogens with one attached hydrogen (secondary N) is 1. The van der Waals surface area contributed by atoms with E-state index >= 15 is 0 Å². The molecule has 1 aromatic rings. The van der Waals surface area contributed by atoms with Gasteiger partial charge in [-0.2, -0.15) is 0 Å². The quantitative estimate of drug-likeness (QED) is 0.590. The van der Waals surface area contributed by atoms with Crippen LogP contribution in [0.25, 0.3) is 0 Å². The van der Waals surface area contributed by atoms with Crippen LogP contribution in [0.5, 0.6) is 0 Å². The summed E-state index contributed by atoms with van der Waals surface area (Å²) in [5, 5.41) is 19.0. The molecule has 10 heteroatoms. The number of nitro benzene ring substituents is 1. The van der Waals surface area contributed by atoms with Crippen LogP contribution in [0.15, 0.2) is 22.7 Å². The summed E-state index contributed by atoms with van der Waals surface area (Å²) >= 11 is 2.95. The maximum Gasteiger partial charge on any atom is 0.304 e. The fourth-order valence-corrected chi connectivity index (χ4v) is 2.73. The second kappa shape index (κ2) is 5.97. The van der Waals surface area contributed by atoms with Crippen molar-refractivity contribution in [1.82, 2.24) is 0 Å². The lowest BCUT2D eigenvalue weighted by atomic mass is 10.3. The molecule has 0 saturated carbocycles. The Bertz CT molecular complexity index is 615. The summed E-state index contributed by atoms with van der Waals surface area (Å²) in [5.74, 6) is -1.80. The van der Waals surface area contributed by atoms with Gasteiger partial charge in [-0.05, 0) is 28.1 Å². The fourth-order valence-electron chi connectivity index (χ4n) is 1.17. The van der Waals surface area contributed by atoms with E-state index in [1.165, 1.54) is 12.1 Å². The molecular formula is C9H9BrN2O6S. The number of hydrogen-bond donors (Lipinski definition) is 2. The zero-order chi connectivity index (χ0) is 14.6. The molecule has 0 aliphatic carbocycles. The van der Waals surface area contributed by atoms with Crippen LogP contribution in [0.1, 0.15) is 6.42 Å². The van der Waals surface area contributed by atoms with Crippen LogP contribution in [-0.4, -0.2) is 30.2 Å². The van der Waals surface area contributed by atoms with E-state index in [0.717, 1.165) is 6.07 Å². The number of nitro groups is 1. The van der Waals surface area contributed by atoms with Crippen molar-refractivity contribution in [2.24, 2.45) is 0 Å². The Hall–Kier alpha value is -1.68. The van der Waals surface area contributed by atoms with Crippen molar-refractivity contribution in [3.63, 3.8) is 0 Å². The van der Waals surface area contributed by atoms with Crippen LogP contribution in [0.2, 0.25) is 0 Å². The molecule has 0 heterocycles. The summed E-state index contributed by atoms with van der Waals surface area (Å²) in [5.41, 5.74) is -0.0867. The van der Waals surface area contributed by atoms with E-state index in [1.54, 1.807) is 0 Å². The number of benzene rings is 1. The zero-order valence-corrected chi connectivity index (χ0v) is 11.8. The number of carbonyl (C=O) groups is 1. The molecule has 0 amide bonds. The van der Waals surface area contributed by atoms with E-state index in [-0.39, 0.29) is 15.8 Å². The van der Waals surface area contributed by atoms with Crippen molar-refractivity contribution in [3.8, 4) is 0 Å². The van der Waals surface area contributed by atoms with Crippen LogP contribution >= 0.6 is 15.9 Å². The zero-order valence-electron chi connectivity index (χ0n) is 9.37. The van der Waals surface area contributed by atoms with Crippen molar-refractivity contribution in [1.29, 1.82) is 0 Å². The summed E-state index contributed by atoms with van der Waals surface area (Å²) in [6, 6.07) is 3.59. The lowest BCUT2D eigenvalue weighted by Crippen LogP contribution is -2.18. The molecule has 0 spiro atoms. The minimum Gasteiger partial charge on any atom is -0.481 e. The van der Waals surface area contributed by atoms with E-state index < -0.39 is 33.1 Å². The molecule has 19 heavy (non-hydrogen) atoms. The highest BCUT2D eigenvalue weighted by Gasteiger charge is 2.16. The highest BCUT2D eigenvalue weighted by Crippen LogP contribution is 2.28. The summed E-state index contributed by atoms with van der Waals surface area (Å²) < 4.78 is 25.3. The van der Waals surface area contributed by atoms with Crippen molar-refractivity contribution < 1.29 is 23.2 Å². The van der Waals surface area contributed by atoms with Gasteiger partial charge in [-0.1, -0.05) is 0 Å². The van der Waals surface area contributed by atoms with E-state index in [2.05, 4.69) is 20.7 Å². The smallest absolute Gasteiger partial charge is 0.304 e. The predicted octanol–water partition coefficient (Wildman–Crippen LogP) is 1.57. The molecule has 1 aromatic carbocycles. The topological polar surface area (TPSA) is 127 Å². The first kappa shape index (κ1) is 15.4. The summed E-state index contributed by atoms with van der Waals surface area (Å²) in [4.78, 5) is 20.2. The minimum absolute atomic E-state index is 0.114. The minimum atomic E-state index is -3.80. The highest BCUT2D eigenvalue weighted by molar-refractivity contribution is 9.10. The van der Waals surface area contributed by atoms with Gasteiger partial charge < -0.3 is 5.11 Å². The van der Waals surface area contributed by atoms with Gasteiger partial charge in [0.1, 0.15) is 0 Å². The Morgan fingerprint density at radius 3 is 2.58 bits per heavy atom. The SMILES string of the molecule is O=C(O)CCS(=O)(=O)Nc1ccc([N+](=O)[O-])c(Br)c1. The van der Waals surface area contributed by atoms with Crippen LogP contribution in [0, 0.1) is 10.1 Å². The summed E-state index contributed by atoms with van der Waals surface area (Å²) in [6.45, 7) is 0. The number of sulfonamides is 1. The third kappa shape index (κ3) is 4.83. The number of aliphatic carboxylic acids is 1. The lowest BCUT2D eigenvalue weighted by Gasteiger charge is -2.07. The predicted molar refractivity (Wildman–Crippen MR) is 70.5 cm³/mol. The Morgan fingerprint density at radius 1 is 1.47 bits per heavy atom. The van der Waals surface area contributed by atoms with Crippen LogP contribution in [-0.2, 0) is 14.8 Å². The molecule has 2 N–H and O–H groups in total. The Morgan fingerprint density at radius 2 is 2.11 bits per heavy atom. The number of nitrogens with zero attached hydrogens (tertiary/aromatic N) is 1. The summed E-state index contributed by atoms with van der Waals surface area (Å²) in [7, 11) is -3.80. The van der Waals surface area contributed by atoms with E-state index in [0.29, 0.717) is 0 Å². The van der Waals surface area contributed by atoms with Crippen LogP contribution in [0.3, 0.4) is 0 Å². The van der Waals surface area contributed by atoms with Crippen molar-refractivity contribution in [3.05, 3.63) is 32.8 Å². The average molecular weight is 353 g/mol. The first-order valence-corrected chi connectivity index (χ1v) is 7.32. The monoisotopic (exact) mass is 352 g/mol. The summed E-state index contributed by atoms with van der Waals surface area (Å²) in [6.07, 6.45) is -0.524. The lowest BCUT2D eigenvalue weighted by molar-refractivity contribution is -0.385. The third-order valence-corrected chi connectivity index (χ3v) is 3.93. The van der Waals surface area contributed by atoms with Crippen molar-refractivity contribution >= 4 is 43.3 Å². The molecule has 0 unspecified atom stereocenters. The average Bonchev–Trinajstić information content (AvgIpc) is 2.25. The molecule has 0 aliphatic heterocycles. The Balaban J connectivity index is 2.86. The highest BCUT2D eigenvalue weighted by atomic mass is 79.9. The van der Waals surface area contributed by atoms with Crippen molar-refractivity contribution in [2.45, 2.75) is 6.42 Å². The molecular weight excluding hydrogens is 344 g/mol. The second-order valence-corrected chi connectivity index (χ2v) is 6.18.